The number of nitrogens with two attached hydrogens (primary N) is 1. The largest absolute Gasteiger partial charge is 0.481 e. The van der Waals surface area contributed by atoms with Crippen molar-refractivity contribution in [3.63, 3.8) is 0 Å². The maximum atomic E-state index is 11.4. The number of nitrogens with one attached hydrogen (secondary N) is 1. The van der Waals surface area contributed by atoms with Gasteiger partial charge in [0.2, 0.25) is 11.8 Å². The molecule has 0 radical (unpaired) electrons. The summed E-state index contributed by atoms with van der Waals surface area (Å²) in [5, 5.41) is 11.4. The Hall–Kier alpha value is -1.59. The molecule has 19 heavy (non-hydrogen) atoms. The topological polar surface area (TPSA) is 109 Å². The minimum absolute atomic E-state index is 0.129. The van der Waals surface area contributed by atoms with Gasteiger partial charge in [-0.15, -0.1) is 0 Å². The van der Waals surface area contributed by atoms with Gasteiger partial charge in [0.25, 0.3) is 0 Å². The number of aliphatic carboxylic acids is 1. The van der Waals surface area contributed by atoms with Crippen LogP contribution in [0.3, 0.4) is 0 Å². The van der Waals surface area contributed by atoms with Gasteiger partial charge in [-0.1, -0.05) is 20.3 Å². The maximum absolute atomic E-state index is 11.4. The van der Waals surface area contributed by atoms with Gasteiger partial charge < -0.3 is 16.2 Å². The Balaban J connectivity index is 3.54. The summed E-state index contributed by atoms with van der Waals surface area (Å²) in [7, 11) is 0. The highest BCUT2D eigenvalue weighted by molar-refractivity contribution is 5.77. The Kier molecular flexibility index (Phi) is 8.57. The van der Waals surface area contributed by atoms with Crippen molar-refractivity contribution in [3.05, 3.63) is 0 Å². The van der Waals surface area contributed by atoms with Crippen LogP contribution >= 0.6 is 0 Å². The lowest BCUT2D eigenvalue weighted by molar-refractivity contribution is -0.141. The smallest absolute Gasteiger partial charge is 0.306 e. The van der Waals surface area contributed by atoms with Crippen LogP contribution < -0.4 is 11.1 Å². The molecule has 4 N–H and O–H groups in total. The summed E-state index contributed by atoms with van der Waals surface area (Å²) < 4.78 is 0. The summed E-state index contributed by atoms with van der Waals surface area (Å²) >= 11 is 0. The van der Waals surface area contributed by atoms with Crippen LogP contribution in [0.1, 0.15) is 46.0 Å². The van der Waals surface area contributed by atoms with E-state index in [9.17, 15) is 14.4 Å². The number of unbranched alkanes of at least 4 members (excludes halogenated alkanes) is 1. The first kappa shape index (κ1) is 17.4. The molecular weight excluding hydrogens is 248 g/mol. The average Bonchev–Trinajstić information content (AvgIpc) is 2.34. The summed E-state index contributed by atoms with van der Waals surface area (Å²) in [4.78, 5) is 32.7. The minimum atomic E-state index is -0.881. The number of primary amides is 1. The summed E-state index contributed by atoms with van der Waals surface area (Å²) in [6.07, 6.45) is 2.92. The SMILES string of the molecule is C[C@@H](CCCCNC(=O)CC[C@H](C)C(=O)O)C(N)=O. The fourth-order valence-corrected chi connectivity index (χ4v) is 1.51. The fraction of sp³-hybridized carbons (Fsp3) is 0.769. The van der Waals surface area contributed by atoms with Gasteiger partial charge in [0.15, 0.2) is 0 Å². The Morgan fingerprint density at radius 2 is 1.74 bits per heavy atom. The van der Waals surface area contributed by atoms with Crippen LogP contribution in [0.25, 0.3) is 0 Å². The van der Waals surface area contributed by atoms with Crippen LogP contribution in [-0.2, 0) is 14.4 Å². The van der Waals surface area contributed by atoms with Crippen molar-refractivity contribution in [1.29, 1.82) is 0 Å². The van der Waals surface area contributed by atoms with Crippen LogP contribution in [0.15, 0.2) is 0 Å². The van der Waals surface area contributed by atoms with Crippen molar-refractivity contribution in [3.8, 4) is 0 Å². The molecule has 2 amide bonds. The molecule has 2 atom stereocenters. The van der Waals surface area contributed by atoms with E-state index in [1.807, 2.05) is 0 Å². The van der Waals surface area contributed by atoms with E-state index in [-0.39, 0.29) is 24.2 Å². The second kappa shape index (κ2) is 9.35. The van der Waals surface area contributed by atoms with Crippen molar-refractivity contribution in [2.24, 2.45) is 17.6 Å². The third kappa shape index (κ3) is 9.04. The molecule has 6 heteroatoms. The zero-order valence-electron chi connectivity index (χ0n) is 11.6. The fourth-order valence-electron chi connectivity index (χ4n) is 1.51. The first-order valence-corrected chi connectivity index (χ1v) is 6.63. The molecule has 0 heterocycles. The van der Waals surface area contributed by atoms with Gasteiger partial charge in [0.05, 0.1) is 5.92 Å². The Bertz CT molecular complexity index is 318. The highest BCUT2D eigenvalue weighted by atomic mass is 16.4. The molecule has 0 saturated carbocycles. The predicted octanol–water partition coefficient (Wildman–Crippen LogP) is 0.895. The first-order valence-electron chi connectivity index (χ1n) is 6.63. The van der Waals surface area contributed by atoms with Crippen molar-refractivity contribution < 1.29 is 19.5 Å². The molecule has 0 unspecified atom stereocenters. The van der Waals surface area contributed by atoms with E-state index < -0.39 is 11.9 Å². The van der Waals surface area contributed by atoms with Crippen molar-refractivity contribution in [2.75, 3.05) is 6.54 Å². The number of amides is 2. The molecule has 0 aromatic rings. The number of hydrogen-bond acceptors (Lipinski definition) is 3. The van der Waals surface area contributed by atoms with E-state index in [2.05, 4.69) is 5.32 Å². The Morgan fingerprint density at radius 3 is 2.26 bits per heavy atom. The van der Waals surface area contributed by atoms with Gasteiger partial charge in [-0.05, 0) is 19.3 Å². The molecule has 6 nitrogen and oxygen atoms in total. The summed E-state index contributed by atoms with van der Waals surface area (Å²) in [6.45, 7) is 3.92. The lowest BCUT2D eigenvalue weighted by atomic mass is 10.0. The van der Waals surface area contributed by atoms with Gasteiger partial charge in [-0.25, -0.2) is 0 Å². The van der Waals surface area contributed by atoms with Gasteiger partial charge in [0, 0.05) is 18.9 Å². The molecule has 0 bridgehead atoms. The second-order valence-corrected chi connectivity index (χ2v) is 4.93. The van der Waals surface area contributed by atoms with Gasteiger partial charge >= 0.3 is 5.97 Å². The quantitative estimate of drug-likeness (QED) is 0.513. The third-order valence-corrected chi connectivity index (χ3v) is 3.10. The average molecular weight is 272 g/mol. The molecule has 0 aromatic carbocycles. The molecule has 0 aromatic heterocycles. The second-order valence-electron chi connectivity index (χ2n) is 4.93. The normalized spacial score (nSPS) is 13.6. The molecule has 0 spiro atoms. The lowest BCUT2D eigenvalue weighted by Gasteiger charge is -2.08. The monoisotopic (exact) mass is 272 g/mol. The van der Waals surface area contributed by atoms with E-state index >= 15 is 0 Å². The number of carboxylic acids is 1. The van der Waals surface area contributed by atoms with Crippen molar-refractivity contribution >= 4 is 17.8 Å². The standard InChI is InChI=1S/C13H24N2O4/c1-9(12(14)17)5-3-4-8-15-11(16)7-6-10(2)13(18)19/h9-10H,3-8H2,1-2H3,(H2,14,17)(H,15,16)(H,18,19)/t9-,10-/m0/s1. The molecular formula is C13H24N2O4. The van der Waals surface area contributed by atoms with Crippen LogP contribution in [0, 0.1) is 11.8 Å². The molecule has 0 aliphatic rings. The van der Waals surface area contributed by atoms with E-state index in [4.69, 9.17) is 10.8 Å². The maximum Gasteiger partial charge on any atom is 0.306 e. The first-order chi connectivity index (χ1) is 8.84. The van der Waals surface area contributed by atoms with Crippen LogP contribution in [0.2, 0.25) is 0 Å². The van der Waals surface area contributed by atoms with Crippen LogP contribution in [-0.4, -0.2) is 29.4 Å². The minimum Gasteiger partial charge on any atom is -0.481 e. The predicted molar refractivity (Wildman–Crippen MR) is 71.3 cm³/mol. The van der Waals surface area contributed by atoms with Gasteiger partial charge in [-0.3, -0.25) is 14.4 Å². The zero-order valence-corrected chi connectivity index (χ0v) is 11.6. The van der Waals surface area contributed by atoms with Gasteiger partial charge in [0.1, 0.15) is 0 Å². The zero-order chi connectivity index (χ0) is 14.8. The number of carbonyl (C=O) groups is 3. The van der Waals surface area contributed by atoms with Gasteiger partial charge in [-0.2, -0.15) is 0 Å². The third-order valence-electron chi connectivity index (χ3n) is 3.10. The number of hydrogen-bond donors (Lipinski definition) is 3. The molecule has 110 valence electrons. The van der Waals surface area contributed by atoms with E-state index in [1.54, 1.807) is 13.8 Å². The van der Waals surface area contributed by atoms with Crippen molar-refractivity contribution in [1.82, 2.24) is 5.32 Å². The van der Waals surface area contributed by atoms with E-state index in [0.717, 1.165) is 19.3 Å². The number of rotatable bonds is 10. The van der Waals surface area contributed by atoms with Crippen LogP contribution in [0.4, 0.5) is 0 Å². The molecule has 0 saturated heterocycles. The van der Waals surface area contributed by atoms with Crippen LogP contribution in [0.5, 0.6) is 0 Å². The Morgan fingerprint density at radius 1 is 1.11 bits per heavy atom. The molecule has 0 fully saturated rings. The highest BCUT2D eigenvalue weighted by Crippen LogP contribution is 2.07. The number of carbonyl (C=O) groups excluding carboxylic acids is 2. The number of carboxylic acid groups (broad SMARTS) is 1. The lowest BCUT2D eigenvalue weighted by Crippen LogP contribution is -2.26. The van der Waals surface area contributed by atoms with E-state index in [0.29, 0.717) is 13.0 Å². The van der Waals surface area contributed by atoms with E-state index in [1.165, 1.54) is 0 Å². The summed E-state index contributed by atoms with van der Waals surface area (Å²) in [5.74, 6) is -1.94. The Labute approximate surface area is 113 Å². The summed E-state index contributed by atoms with van der Waals surface area (Å²) in [5.41, 5.74) is 5.13. The highest BCUT2D eigenvalue weighted by Gasteiger charge is 2.12. The molecule has 0 aliphatic carbocycles. The summed E-state index contributed by atoms with van der Waals surface area (Å²) in [6, 6.07) is 0. The molecule has 0 rings (SSSR count). The van der Waals surface area contributed by atoms with Crippen molar-refractivity contribution in [2.45, 2.75) is 46.0 Å². The molecule has 0 aliphatic heterocycles.